The number of halogens is 5. The lowest BCUT2D eigenvalue weighted by atomic mass is 10.2. The van der Waals surface area contributed by atoms with Crippen LogP contribution in [0.25, 0.3) is 0 Å². The van der Waals surface area contributed by atoms with Crippen molar-refractivity contribution in [1.29, 1.82) is 0 Å². The van der Waals surface area contributed by atoms with Gasteiger partial charge in [-0.25, -0.2) is 13.2 Å². The first-order valence-electron chi connectivity index (χ1n) is 5.53. The van der Waals surface area contributed by atoms with Crippen LogP contribution >= 0.6 is 11.3 Å². The maximum absolute atomic E-state index is 13.4. The molecule has 0 saturated carbocycles. The van der Waals surface area contributed by atoms with E-state index >= 15 is 0 Å². The van der Waals surface area contributed by atoms with Crippen LogP contribution < -0.4 is 4.74 Å². The van der Waals surface area contributed by atoms with E-state index in [1.54, 1.807) is 13.0 Å². The Hall–Kier alpha value is -1.63. The minimum atomic E-state index is -2.20. The third-order valence-electron chi connectivity index (χ3n) is 2.69. The smallest absolute Gasteiger partial charge is 0.207 e. The second kappa shape index (κ2) is 5.40. The Balaban J connectivity index is 2.33. The quantitative estimate of drug-likeness (QED) is 0.456. The minimum Gasteiger partial charge on any atom is -0.483 e. The van der Waals surface area contributed by atoms with Crippen molar-refractivity contribution in [3.63, 3.8) is 0 Å². The van der Waals surface area contributed by atoms with Crippen molar-refractivity contribution < 1.29 is 26.7 Å². The molecule has 0 spiro atoms. The topological polar surface area (TPSA) is 9.23 Å². The highest BCUT2D eigenvalue weighted by Crippen LogP contribution is 2.30. The highest BCUT2D eigenvalue weighted by Gasteiger charge is 2.27. The fourth-order valence-corrected chi connectivity index (χ4v) is 2.62. The lowest BCUT2D eigenvalue weighted by molar-refractivity contribution is 0.253. The molecule has 0 aliphatic heterocycles. The molecule has 2 rings (SSSR count). The summed E-state index contributed by atoms with van der Waals surface area (Å²) < 4.78 is 70.3. The average molecular weight is 308 g/mol. The Bertz CT molecular complexity index is 636. The van der Waals surface area contributed by atoms with Gasteiger partial charge in [-0.05, 0) is 19.9 Å². The first kappa shape index (κ1) is 14.8. The minimum absolute atomic E-state index is 0.269. The van der Waals surface area contributed by atoms with Gasteiger partial charge in [0.2, 0.25) is 29.1 Å². The molecule has 0 fully saturated rings. The normalized spacial score (nSPS) is 10.9. The van der Waals surface area contributed by atoms with Gasteiger partial charge in [-0.1, -0.05) is 0 Å². The summed E-state index contributed by atoms with van der Waals surface area (Å²) in [4.78, 5) is 1.81. The molecular weight excluding hydrogens is 299 g/mol. The van der Waals surface area contributed by atoms with E-state index in [1.165, 1.54) is 11.3 Å². The number of ether oxygens (including phenoxy) is 1. The van der Waals surface area contributed by atoms with Crippen molar-refractivity contribution in [1.82, 2.24) is 0 Å². The highest BCUT2D eigenvalue weighted by molar-refractivity contribution is 7.12. The van der Waals surface area contributed by atoms with Crippen molar-refractivity contribution in [3.8, 4) is 5.75 Å². The predicted molar refractivity (Wildman–Crippen MR) is 64.4 cm³/mol. The summed E-state index contributed by atoms with van der Waals surface area (Å²) in [6.07, 6.45) is 0. The van der Waals surface area contributed by atoms with Gasteiger partial charge >= 0.3 is 0 Å². The molecule has 108 valence electrons. The zero-order chi connectivity index (χ0) is 15.0. The van der Waals surface area contributed by atoms with Gasteiger partial charge in [0.1, 0.15) is 6.61 Å². The maximum atomic E-state index is 13.4. The molecule has 0 atom stereocenters. The van der Waals surface area contributed by atoms with E-state index in [4.69, 9.17) is 4.74 Å². The lowest BCUT2D eigenvalue weighted by Crippen LogP contribution is -2.07. The molecule has 1 aromatic carbocycles. The van der Waals surface area contributed by atoms with Crippen molar-refractivity contribution in [2.24, 2.45) is 0 Å². The van der Waals surface area contributed by atoms with Gasteiger partial charge in [0.05, 0.1) is 0 Å². The van der Waals surface area contributed by atoms with E-state index in [9.17, 15) is 22.0 Å². The van der Waals surface area contributed by atoms with E-state index in [0.717, 1.165) is 9.75 Å². The predicted octanol–water partition coefficient (Wildman–Crippen LogP) is 4.64. The summed E-state index contributed by atoms with van der Waals surface area (Å²) in [5.74, 6) is -11.4. The van der Waals surface area contributed by atoms with Crippen LogP contribution in [-0.4, -0.2) is 0 Å². The molecule has 0 radical (unpaired) electrons. The molecule has 0 bridgehead atoms. The first-order valence-corrected chi connectivity index (χ1v) is 6.34. The Labute approximate surface area is 115 Å². The molecule has 1 aromatic heterocycles. The number of hydrogen-bond acceptors (Lipinski definition) is 2. The summed E-state index contributed by atoms with van der Waals surface area (Å²) >= 11 is 1.45. The number of rotatable bonds is 3. The van der Waals surface area contributed by atoms with Crippen LogP contribution in [0.4, 0.5) is 22.0 Å². The Morgan fingerprint density at radius 1 is 0.900 bits per heavy atom. The molecule has 0 N–H and O–H groups in total. The third kappa shape index (κ3) is 2.49. The molecule has 0 aliphatic rings. The molecule has 0 saturated heterocycles. The van der Waals surface area contributed by atoms with Gasteiger partial charge in [-0.3, -0.25) is 0 Å². The summed E-state index contributed by atoms with van der Waals surface area (Å²) in [6.45, 7) is 3.34. The van der Waals surface area contributed by atoms with E-state index in [-0.39, 0.29) is 6.61 Å². The number of benzene rings is 1. The van der Waals surface area contributed by atoms with Gasteiger partial charge in [-0.2, -0.15) is 8.78 Å². The lowest BCUT2D eigenvalue weighted by Gasteiger charge is -2.10. The van der Waals surface area contributed by atoms with E-state index in [2.05, 4.69) is 0 Å². The van der Waals surface area contributed by atoms with Gasteiger partial charge in [0.25, 0.3) is 0 Å². The number of aryl methyl sites for hydroxylation is 2. The van der Waals surface area contributed by atoms with Gasteiger partial charge in [0.15, 0.2) is 5.75 Å². The molecule has 1 heterocycles. The second-order valence-corrected chi connectivity index (χ2v) is 5.59. The summed E-state index contributed by atoms with van der Waals surface area (Å²) in [6, 6.07) is 1.73. The van der Waals surface area contributed by atoms with Crippen LogP contribution in [0.2, 0.25) is 0 Å². The molecule has 0 amide bonds. The van der Waals surface area contributed by atoms with Crippen molar-refractivity contribution in [3.05, 3.63) is 50.5 Å². The Morgan fingerprint density at radius 2 is 1.40 bits per heavy atom. The zero-order valence-electron chi connectivity index (χ0n) is 10.5. The van der Waals surface area contributed by atoms with Crippen molar-refractivity contribution in [2.75, 3.05) is 0 Å². The summed E-state index contributed by atoms with van der Waals surface area (Å²) in [5, 5.41) is 0. The summed E-state index contributed by atoms with van der Waals surface area (Å²) in [5.41, 5.74) is 0.636. The molecule has 7 heteroatoms. The average Bonchev–Trinajstić information content (AvgIpc) is 2.72. The Morgan fingerprint density at radius 3 is 1.85 bits per heavy atom. The SMILES string of the molecule is Cc1cc(COc2c(F)c(F)c(F)c(F)c2F)c(C)s1. The molecule has 1 nitrogen and oxygen atoms in total. The molecular formula is C13H9F5OS. The standard InChI is InChI=1S/C13H9F5OS/c1-5-3-7(6(2)20-5)4-19-13-11(17)9(15)8(14)10(16)12(13)18/h3H,4H2,1-2H3. The van der Waals surface area contributed by atoms with E-state index in [0.29, 0.717) is 5.56 Å². The number of hydrogen-bond donors (Lipinski definition) is 0. The van der Waals surface area contributed by atoms with Gasteiger partial charge < -0.3 is 4.74 Å². The molecule has 0 aliphatic carbocycles. The fraction of sp³-hybridized carbons (Fsp3) is 0.231. The second-order valence-electron chi connectivity index (χ2n) is 4.13. The van der Waals surface area contributed by atoms with Crippen LogP contribution in [0.15, 0.2) is 6.07 Å². The number of thiophene rings is 1. The van der Waals surface area contributed by atoms with Crippen molar-refractivity contribution in [2.45, 2.75) is 20.5 Å². The van der Waals surface area contributed by atoms with Crippen LogP contribution in [0.3, 0.4) is 0 Å². The third-order valence-corrected chi connectivity index (χ3v) is 3.69. The highest BCUT2D eigenvalue weighted by atomic mass is 32.1. The van der Waals surface area contributed by atoms with Crippen LogP contribution in [-0.2, 0) is 6.61 Å². The largest absolute Gasteiger partial charge is 0.483 e. The fourth-order valence-electron chi connectivity index (χ4n) is 1.69. The monoisotopic (exact) mass is 308 g/mol. The molecule has 20 heavy (non-hydrogen) atoms. The van der Waals surface area contributed by atoms with Gasteiger partial charge in [0, 0.05) is 15.3 Å². The Kier molecular flexibility index (Phi) is 3.99. The van der Waals surface area contributed by atoms with Gasteiger partial charge in [-0.15, -0.1) is 11.3 Å². The maximum Gasteiger partial charge on any atom is 0.207 e. The molecule has 2 aromatic rings. The van der Waals surface area contributed by atoms with Crippen LogP contribution in [0.1, 0.15) is 15.3 Å². The zero-order valence-corrected chi connectivity index (χ0v) is 11.3. The van der Waals surface area contributed by atoms with Crippen molar-refractivity contribution >= 4 is 11.3 Å². The molecule has 0 unspecified atom stereocenters. The van der Waals surface area contributed by atoms with Crippen LogP contribution in [0.5, 0.6) is 5.75 Å². The van der Waals surface area contributed by atoms with Crippen LogP contribution in [0, 0.1) is 42.9 Å². The van der Waals surface area contributed by atoms with E-state index in [1.807, 2.05) is 6.92 Å². The first-order chi connectivity index (χ1) is 9.32. The summed E-state index contributed by atoms with van der Waals surface area (Å²) in [7, 11) is 0. The van der Waals surface area contributed by atoms with E-state index < -0.39 is 34.8 Å².